The summed E-state index contributed by atoms with van der Waals surface area (Å²) in [4.78, 5) is 24.6. The van der Waals surface area contributed by atoms with Crippen LogP contribution in [0.2, 0.25) is 10.0 Å². The number of fused-ring (bicyclic) bond motifs is 1. The van der Waals surface area contributed by atoms with E-state index >= 15 is 0 Å². The summed E-state index contributed by atoms with van der Waals surface area (Å²) >= 11 is 11.9. The Kier molecular flexibility index (Phi) is 8.05. The van der Waals surface area contributed by atoms with Gasteiger partial charge in [-0.3, -0.25) is 4.79 Å². The number of carbonyl (C=O) groups excluding carboxylic acids is 2. The smallest absolute Gasteiger partial charge is 0.345 e. The molecule has 0 saturated carbocycles. The number of nitrogens with zero attached hydrogens (tertiary/aromatic N) is 1. The molecule has 1 amide bonds. The van der Waals surface area contributed by atoms with E-state index in [4.69, 9.17) is 37.4 Å². The third kappa shape index (κ3) is 6.33. The molecule has 4 rings (SSSR count). The summed E-state index contributed by atoms with van der Waals surface area (Å²) in [5.41, 5.74) is 3.18. The highest BCUT2D eigenvalue weighted by Gasteiger charge is 2.16. The number of carbonyl (C=O) groups is 2. The third-order valence-electron chi connectivity index (χ3n) is 5.04. The van der Waals surface area contributed by atoms with Crippen molar-refractivity contribution in [2.75, 3.05) is 13.7 Å². The van der Waals surface area contributed by atoms with Crippen molar-refractivity contribution in [3.8, 4) is 17.2 Å². The molecule has 4 aromatic rings. The summed E-state index contributed by atoms with van der Waals surface area (Å²) in [7, 11) is 1.44. The van der Waals surface area contributed by atoms with Crippen LogP contribution >= 0.6 is 23.2 Å². The van der Waals surface area contributed by atoms with Crippen molar-refractivity contribution in [3.05, 3.63) is 100 Å². The van der Waals surface area contributed by atoms with Gasteiger partial charge in [-0.2, -0.15) is 5.10 Å². The first-order chi connectivity index (χ1) is 17.4. The Morgan fingerprint density at radius 1 is 0.917 bits per heavy atom. The highest BCUT2D eigenvalue weighted by atomic mass is 35.5. The van der Waals surface area contributed by atoms with E-state index in [1.807, 2.05) is 36.4 Å². The van der Waals surface area contributed by atoms with Crippen molar-refractivity contribution in [1.82, 2.24) is 5.43 Å². The maximum atomic E-state index is 12.5. The molecule has 36 heavy (non-hydrogen) atoms. The number of hydrogen-bond acceptors (Lipinski definition) is 6. The average Bonchev–Trinajstić information content (AvgIpc) is 2.88. The van der Waals surface area contributed by atoms with E-state index in [0.29, 0.717) is 22.1 Å². The number of ether oxygens (including phenoxy) is 3. The summed E-state index contributed by atoms with van der Waals surface area (Å²) in [5, 5.41) is 6.63. The average molecular weight is 523 g/mol. The molecule has 0 aromatic heterocycles. The Labute approximate surface area is 217 Å². The van der Waals surface area contributed by atoms with Gasteiger partial charge in [-0.1, -0.05) is 53.5 Å². The summed E-state index contributed by atoms with van der Waals surface area (Å²) in [6.45, 7) is -0.193. The first-order valence-electron chi connectivity index (χ1n) is 10.7. The van der Waals surface area contributed by atoms with Crippen LogP contribution in [0.3, 0.4) is 0 Å². The van der Waals surface area contributed by atoms with E-state index in [1.165, 1.54) is 25.5 Å². The lowest BCUT2D eigenvalue weighted by molar-refractivity contribution is -0.123. The Hall–Kier alpha value is -4.07. The maximum Gasteiger partial charge on any atom is 0.345 e. The highest BCUT2D eigenvalue weighted by molar-refractivity contribution is 6.36. The zero-order valence-corrected chi connectivity index (χ0v) is 20.5. The van der Waals surface area contributed by atoms with Crippen molar-refractivity contribution >= 4 is 52.1 Å². The lowest BCUT2D eigenvalue weighted by Crippen LogP contribution is -2.24. The normalized spacial score (nSPS) is 10.9. The SMILES string of the molecule is COc1cc(/C=N\NC(=O)COc2ccc3ccccc3c2)ccc1OC(=O)c1ccc(Cl)cc1Cl. The number of hydrogen-bond donors (Lipinski definition) is 1. The summed E-state index contributed by atoms with van der Waals surface area (Å²) < 4.78 is 16.3. The number of esters is 1. The molecule has 0 aliphatic carbocycles. The van der Waals surface area contributed by atoms with Crippen LogP contribution in [0.25, 0.3) is 10.8 Å². The molecule has 0 fully saturated rings. The molecule has 0 aliphatic rings. The molecule has 0 aliphatic heterocycles. The second-order valence-electron chi connectivity index (χ2n) is 7.51. The van der Waals surface area contributed by atoms with Crippen LogP contribution in [0.4, 0.5) is 0 Å². The van der Waals surface area contributed by atoms with Crippen molar-refractivity contribution in [2.24, 2.45) is 5.10 Å². The minimum absolute atomic E-state index is 0.169. The largest absolute Gasteiger partial charge is 0.493 e. The summed E-state index contributed by atoms with van der Waals surface area (Å²) in [5.74, 6) is -0.00347. The van der Waals surface area contributed by atoms with E-state index in [-0.39, 0.29) is 22.9 Å². The molecule has 0 atom stereocenters. The van der Waals surface area contributed by atoms with Crippen molar-refractivity contribution < 1.29 is 23.8 Å². The van der Waals surface area contributed by atoms with Crippen molar-refractivity contribution in [1.29, 1.82) is 0 Å². The van der Waals surface area contributed by atoms with Gasteiger partial charge in [0.1, 0.15) is 5.75 Å². The molecule has 0 bridgehead atoms. The zero-order chi connectivity index (χ0) is 25.5. The molecular weight excluding hydrogens is 503 g/mol. The fraction of sp³-hybridized carbons (Fsp3) is 0.0741. The van der Waals surface area contributed by atoms with E-state index < -0.39 is 11.9 Å². The minimum atomic E-state index is -0.657. The minimum Gasteiger partial charge on any atom is -0.493 e. The van der Waals surface area contributed by atoms with Crippen LogP contribution in [0.1, 0.15) is 15.9 Å². The van der Waals surface area contributed by atoms with Gasteiger partial charge in [0.15, 0.2) is 18.1 Å². The number of nitrogens with one attached hydrogen (secondary N) is 1. The lowest BCUT2D eigenvalue weighted by atomic mass is 10.1. The van der Waals surface area contributed by atoms with Gasteiger partial charge >= 0.3 is 5.97 Å². The second kappa shape index (κ2) is 11.6. The molecule has 0 unspecified atom stereocenters. The first kappa shape index (κ1) is 25.0. The Balaban J connectivity index is 1.33. The summed E-state index contributed by atoms with van der Waals surface area (Å²) in [6, 6.07) is 22.8. The standard InChI is InChI=1S/C27H20Cl2N2O5/c1-34-25-12-17(6-11-24(25)36-27(33)22-10-8-20(28)14-23(22)29)15-30-31-26(32)16-35-21-9-7-18-4-2-3-5-19(18)13-21/h2-15H,16H2,1H3,(H,31,32)/b30-15-. The van der Waals surface area contributed by atoms with Crippen LogP contribution in [0, 0.1) is 0 Å². The van der Waals surface area contributed by atoms with Gasteiger partial charge < -0.3 is 14.2 Å². The molecule has 0 heterocycles. The zero-order valence-electron chi connectivity index (χ0n) is 19.0. The maximum absolute atomic E-state index is 12.5. The molecule has 182 valence electrons. The van der Waals surface area contributed by atoms with Gasteiger partial charge in [0.25, 0.3) is 5.91 Å². The quantitative estimate of drug-likeness (QED) is 0.135. The van der Waals surface area contributed by atoms with Crippen LogP contribution < -0.4 is 19.6 Å². The molecule has 0 saturated heterocycles. The Morgan fingerprint density at radius 3 is 2.50 bits per heavy atom. The predicted molar refractivity (Wildman–Crippen MR) is 140 cm³/mol. The molecule has 4 aromatic carbocycles. The molecule has 9 heteroatoms. The van der Waals surface area contributed by atoms with Gasteiger partial charge in [-0.15, -0.1) is 0 Å². The van der Waals surface area contributed by atoms with Crippen LogP contribution in [0.5, 0.6) is 17.2 Å². The number of halogens is 2. The first-order valence-corrected chi connectivity index (χ1v) is 11.5. The lowest BCUT2D eigenvalue weighted by Gasteiger charge is -2.10. The van der Waals surface area contributed by atoms with Gasteiger partial charge in [-0.05, 0) is 64.9 Å². The number of methoxy groups -OCH3 is 1. The monoisotopic (exact) mass is 522 g/mol. The topological polar surface area (TPSA) is 86.2 Å². The summed E-state index contributed by atoms with van der Waals surface area (Å²) in [6.07, 6.45) is 1.43. The van der Waals surface area contributed by atoms with Crippen molar-refractivity contribution in [2.45, 2.75) is 0 Å². The number of amides is 1. The molecule has 0 radical (unpaired) electrons. The van der Waals surface area contributed by atoms with Crippen molar-refractivity contribution in [3.63, 3.8) is 0 Å². The van der Waals surface area contributed by atoms with Gasteiger partial charge in [0.05, 0.1) is 23.9 Å². The fourth-order valence-corrected chi connectivity index (χ4v) is 3.76. The number of hydrazone groups is 1. The molecule has 1 N–H and O–H groups in total. The second-order valence-corrected chi connectivity index (χ2v) is 8.36. The molecule has 7 nitrogen and oxygen atoms in total. The van der Waals surface area contributed by atoms with Gasteiger partial charge in [0, 0.05) is 5.02 Å². The van der Waals surface area contributed by atoms with Gasteiger partial charge in [-0.25, -0.2) is 10.2 Å². The van der Waals surface area contributed by atoms with E-state index in [0.717, 1.165) is 10.8 Å². The molecular formula is C27H20Cl2N2O5. The van der Waals surface area contributed by atoms with Gasteiger partial charge in [0.2, 0.25) is 0 Å². The third-order valence-corrected chi connectivity index (χ3v) is 5.58. The van der Waals surface area contributed by atoms with Crippen LogP contribution in [-0.4, -0.2) is 31.8 Å². The number of benzene rings is 4. The highest BCUT2D eigenvalue weighted by Crippen LogP contribution is 2.30. The Bertz CT molecular complexity index is 1460. The van der Waals surface area contributed by atoms with E-state index in [9.17, 15) is 9.59 Å². The predicted octanol–water partition coefficient (Wildman–Crippen LogP) is 5.90. The molecule has 0 spiro atoms. The number of rotatable bonds is 8. The fourth-order valence-electron chi connectivity index (χ4n) is 3.28. The Morgan fingerprint density at radius 2 is 1.72 bits per heavy atom. The van der Waals surface area contributed by atoms with Crippen LogP contribution in [-0.2, 0) is 4.79 Å². The van der Waals surface area contributed by atoms with E-state index in [2.05, 4.69) is 10.5 Å². The van der Waals surface area contributed by atoms with E-state index in [1.54, 1.807) is 30.3 Å². The van der Waals surface area contributed by atoms with Crippen LogP contribution in [0.15, 0.2) is 84.0 Å².